The maximum absolute atomic E-state index is 14.2. The molecule has 0 radical (unpaired) electrons. The number of aliphatic hydroxyl groups excluding tert-OH is 1. The number of aryl methyl sites for hydroxylation is 1. The average molecular weight is 816 g/mol. The van der Waals surface area contributed by atoms with E-state index in [0.717, 1.165) is 40.2 Å². The van der Waals surface area contributed by atoms with Crippen LogP contribution in [0.2, 0.25) is 0 Å². The molecule has 2 aliphatic heterocycles. The summed E-state index contributed by atoms with van der Waals surface area (Å²) in [7, 11) is 0. The third-order valence-corrected chi connectivity index (χ3v) is 12.8. The van der Waals surface area contributed by atoms with E-state index in [9.17, 15) is 24.9 Å². The SMILES string of the molecule is C/C=C(/CNCC)C(=O)O[C@@H]1Cc2c3c(c4oc(CO)cc(=O)c4c2O)[C@H]2Cc4cc(O)ccc4CC[C@H](C[C@@H](Cc4ccc(NCC)nc4)[C@]1(C)O3)c1c2ccnc1N. The molecule has 0 amide bonds. The number of nitrogens with one attached hydrogen (secondary N) is 2. The van der Waals surface area contributed by atoms with E-state index in [4.69, 9.17) is 24.6 Å². The Hall–Kier alpha value is -5.92. The minimum absolute atomic E-state index is 0.0185. The number of carbonyl (C=O) groups is 1. The van der Waals surface area contributed by atoms with Crippen LogP contribution in [0, 0.1) is 5.92 Å². The summed E-state index contributed by atoms with van der Waals surface area (Å²) in [4.78, 5) is 37.6. The number of benzene rings is 2. The lowest BCUT2D eigenvalue weighted by Gasteiger charge is -2.49. The summed E-state index contributed by atoms with van der Waals surface area (Å²) in [6.07, 6.45) is 7.06. The number of fused-ring (bicyclic) bond motifs is 5. The second-order valence-electron chi connectivity index (χ2n) is 16.4. The van der Waals surface area contributed by atoms with Gasteiger partial charge in [-0.25, -0.2) is 14.8 Å². The molecule has 0 spiro atoms. The van der Waals surface area contributed by atoms with Crippen molar-refractivity contribution in [1.82, 2.24) is 15.3 Å². The molecule has 3 aliphatic rings. The van der Waals surface area contributed by atoms with Gasteiger partial charge in [0.15, 0.2) is 5.43 Å². The highest BCUT2D eigenvalue weighted by Gasteiger charge is 2.53. The van der Waals surface area contributed by atoms with Crippen LogP contribution in [0.3, 0.4) is 0 Å². The lowest BCUT2D eigenvalue weighted by molar-refractivity contribution is -0.165. The average Bonchev–Trinajstić information content (AvgIpc) is 3.29. The highest BCUT2D eigenvalue weighted by Crippen LogP contribution is 2.56. The molecule has 5 atom stereocenters. The van der Waals surface area contributed by atoms with Gasteiger partial charge in [0, 0.05) is 72.1 Å². The molecule has 5 heterocycles. The van der Waals surface area contributed by atoms with Crippen molar-refractivity contribution < 1.29 is 34.0 Å². The topological polar surface area (TPSA) is 202 Å². The van der Waals surface area contributed by atoms with Crippen LogP contribution < -0.4 is 26.5 Å². The minimum Gasteiger partial charge on any atom is -0.508 e. The van der Waals surface area contributed by atoms with Crippen LogP contribution in [0.4, 0.5) is 11.6 Å². The molecule has 1 aliphatic carbocycles. The Balaban J connectivity index is 1.45. The summed E-state index contributed by atoms with van der Waals surface area (Å²) >= 11 is 0. The molecule has 0 saturated carbocycles. The maximum Gasteiger partial charge on any atom is 0.335 e. The van der Waals surface area contributed by atoms with Crippen LogP contribution in [-0.4, -0.2) is 62.6 Å². The Morgan fingerprint density at radius 2 is 1.90 bits per heavy atom. The fraction of sp³-hybridized carbons (Fsp3) is 0.404. The number of ether oxygens (including phenoxy) is 2. The van der Waals surface area contributed by atoms with E-state index in [1.54, 1.807) is 31.3 Å². The van der Waals surface area contributed by atoms with Gasteiger partial charge >= 0.3 is 5.97 Å². The Morgan fingerprint density at radius 1 is 1.07 bits per heavy atom. The summed E-state index contributed by atoms with van der Waals surface area (Å²) in [6, 6.07) is 12.6. The standard InChI is InChI=1S/C47H53N5O8/c1-5-26(23-49-6-2)46(57)59-37-21-35-42(56)41-36(55)20-32(24-53)58-44(41)40-34-19-29-18-31(54)12-11-27(29)9-10-28(39-33(34)14-15-51-45(39)48)17-30(47(37,4)60-43(35)40)16-25-8-13-38(50-7-3)52-22-25/h5,8,11-15,18,20,22,28,30,34,37,49,53-54,56H,6-7,9-10,16-17,19,21,23-24H2,1-4H3,(H2,48,51)(H,50,52)/b26-5-/t28-,30-,34+,37-,47+/m1/s1. The fourth-order valence-electron chi connectivity index (χ4n) is 9.69. The van der Waals surface area contributed by atoms with E-state index in [1.165, 1.54) is 6.07 Å². The molecule has 60 heavy (non-hydrogen) atoms. The number of pyridine rings is 2. The summed E-state index contributed by atoms with van der Waals surface area (Å²) in [5.74, 6) is -0.419. The number of nitrogen functional groups attached to an aromatic ring is 1. The second kappa shape index (κ2) is 16.6. The molecule has 5 aromatic rings. The van der Waals surface area contributed by atoms with Crippen LogP contribution in [0.15, 0.2) is 75.7 Å². The number of carbonyl (C=O) groups excluding carboxylic acids is 1. The van der Waals surface area contributed by atoms with E-state index < -0.39 is 35.6 Å². The quantitative estimate of drug-likeness (QED) is 0.0675. The number of aromatic nitrogens is 2. The molecule has 2 aromatic carbocycles. The van der Waals surface area contributed by atoms with Crippen LogP contribution >= 0.6 is 0 Å². The largest absolute Gasteiger partial charge is 0.508 e. The summed E-state index contributed by atoms with van der Waals surface area (Å²) < 4.78 is 20.4. The number of phenols is 2. The molecule has 314 valence electrons. The molecular weight excluding hydrogens is 763 g/mol. The first-order valence-corrected chi connectivity index (χ1v) is 20.9. The van der Waals surface area contributed by atoms with Gasteiger partial charge in [-0.15, -0.1) is 0 Å². The number of rotatable bonds is 10. The van der Waals surface area contributed by atoms with E-state index in [-0.39, 0.29) is 46.5 Å². The second-order valence-corrected chi connectivity index (χ2v) is 16.4. The zero-order valence-electron chi connectivity index (χ0n) is 34.5. The number of esters is 1. The Labute approximate surface area is 348 Å². The predicted molar refractivity (Wildman–Crippen MR) is 229 cm³/mol. The number of aliphatic hydroxyl groups is 1. The molecule has 13 heteroatoms. The number of phenolic OH excluding ortho intramolecular Hbond substituents is 2. The van der Waals surface area contributed by atoms with Gasteiger partial charge in [0.25, 0.3) is 0 Å². The normalized spacial score (nSPS) is 22.1. The lowest BCUT2D eigenvalue weighted by Crippen LogP contribution is -2.57. The van der Waals surface area contributed by atoms with Gasteiger partial charge in [-0.1, -0.05) is 25.1 Å². The van der Waals surface area contributed by atoms with Crippen LogP contribution in [0.25, 0.3) is 11.0 Å². The monoisotopic (exact) mass is 815 g/mol. The van der Waals surface area contributed by atoms with Crippen LogP contribution in [-0.2, 0) is 41.8 Å². The molecular formula is C47H53N5O8. The molecule has 0 unspecified atom stereocenters. The molecule has 7 N–H and O–H groups in total. The Kier molecular flexibility index (Phi) is 11.3. The lowest BCUT2D eigenvalue weighted by atomic mass is 9.68. The van der Waals surface area contributed by atoms with Crippen LogP contribution in [0.5, 0.6) is 17.2 Å². The number of anilines is 2. The molecule has 3 aromatic heterocycles. The van der Waals surface area contributed by atoms with Gasteiger partial charge in [0.05, 0.1) is 0 Å². The van der Waals surface area contributed by atoms with Gasteiger partial charge < -0.3 is 45.6 Å². The first-order chi connectivity index (χ1) is 29.0. The number of nitrogens with zero attached hydrogens (tertiary/aromatic N) is 2. The zero-order chi connectivity index (χ0) is 42.3. The van der Waals surface area contributed by atoms with Crippen molar-refractivity contribution in [2.45, 2.75) is 96.4 Å². The smallest absolute Gasteiger partial charge is 0.335 e. The third kappa shape index (κ3) is 7.34. The summed E-state index contributed by atoms with van der Waals surface area (Å²) in [5, 5.41) is 39.9. The molecule has 0 saturated heterocycles. The maximum atomic E-state index is 14.2. The van der Waals surface area contributed by atoms with Gasteiger partial charge in [-0.2, -0.15) is 0 Å². The van der Waals surface area contributed by atoms with E-state index >= 15 is 0 Å². The number of aromatic hydroxyl groups is 2. The number of nitrogens with two attached hydrogens (primary N) is 1. The van der Waals surface area contributed by atoms with Gasteiger partial charge in [0.2, 0.25) is 0 Å². The highest BCUT2D eigenvalue weighted by atomic mass is 16.6. The van der Waals surface area contributed by atoms with Crippen molar-refractivity contribution in [3.05, 3.63) is 121 Å². The zero-order valence-corrected chi connectivity index (χ0v) is 34.5. The van der Waals surface area contributed by atoms with Crippen molar-refractivity contribution in [3.8, 4) is 17.2 Å². The van der Waals surface area contributed by atoms with Crippen LogP contribution in [0.1, 0.15) is 97.1 Å². The number of hydrogen-bond acceptors (Lipinski definition) is 13. The summed E-state index contributed by atoms with van der Waals surface area (Å²) in [6.45, 7) is 8.86. The van der Waals surface area contributed by atoms with Gasteiger partial charge in [-0.05, 0) is 112 Å². The van der Waals surface area contributed by atoms with Crippen molar-refractivity contribution >= 4 is 28.6 Å². The first kappa shape index (κ1) is 40.8. The molecule has 13 nitrogen and oxygen atoms in total. The minimum atomic E-state index is -1.24. The van der Waals surface area contributed by atoms with Gasteiger partial charge in [-0.3, -0.25) is 4.79 Å². The number of likely N-dealkylation sites (N-methyl/N-ethyl adjacent to an activating group) is 1. The van der Waals surface area contributed by atoms with Gasteiger partial charge in [0.1, 0.15) is 63.9 Å². The van der Waals surface area contributed by atoms with E-state index in [1.807, 2.05) is 51.2 Å². The summed E-state index contributed by atoms with van der Waals surface area (Å²) in [5.41, 5.74) is 11.1. The number of hydrogen-bond donors (Lipinski definition) is 6. The first-order valence-electron chi connectivity index (χ1n) is 20.9. The molecule has 0 fully saturated rings. The van der Waals surface area contributed by atoms with Crippen molar-refractivity contribution in [2.24, 2.45) is 5.92 Å². The van der Waals surface area contributed by atoms with Crippen molar-refractivity contribution in [1.29, 1.82) is 0 Å². The van der Waals surface area contributed by atoms with E-state index in [0.29, 0.717) is 73.5 Å². The Morgan fingerprint density at radius 3 is 2.63 bits per heavy atom. The van der Waals surface area contributed by atoms with Crippen molar-refractivity contribution in [3.63, 3.8) is 0 Å². The Bertz CT molecular complexity index is 2540. The third-order valence-electron chi connectivity index (χ3n) is 12.8. The van der Waals surface area contributed by atoms with Crippen molar-refractivity contribution in [2.75, 3.05) is 30.7 Å². The predicted octanol–water partition coefficient (Wildman–Crippen LogP) is 6.33. The highest BCUT2D eigenvalue weighted by molar-refractivity contribution is 5.92. The molecule has 4 bridgehead atoms. The number of allylic oxidation sites excluding steroid dienone is 1. The van der Waals surface area contributed by atoms with E-state index in [2.05, 4.69) is 15.6 Å². The molecule has 8 rings (SSSR count). The fourth-order valence-corrected chi connectivity index (χ4v) is 9.69.